The molecule has 2 N–H and O–H groups in total. The molecule has 1 aromatic heterocycles. The van der Waals surface area contributed by atoms with Crippen LogP contribution in [0.5, 0.6) is 11.5 Å². The van der Waals surface area contributed by atoms with E-state index in [9.17, 15) is 0 Å². The van der Waals surface area contributed by atoms with E-state index in [1.165, 1.54) is 0 Å². The fourth-order valence-corrected chi connectivity index (χ4v) is 2.39. The Hall–Kier alpha value is -1.88. The maximum atomic E-state index is 5.83. The molecule has 0 aliphatic carbocycles. The summed E-state index contributed by atoms with van der Waals surface area (Å²) < 4.78 is 11.2. The van der Waals surface area contributed by atoms with Gasteiger partial charge in [0.1, 0.15) is 5.03 Å². The summed E-state index contributed by atoms with van der Waals surface area (Å²) in [5.41, 5.74) is 6.53. The third-order valence-electron chi connectivity index (χ3n) is 2.53. The average Bonchev–Trinajstić information content (AvgIpc) is 2.47. The third kappa shape index (κ3) is 4.06. The molecule has 2 aromatic rings. The second-order valence-electron chi connectivity index (χ2n) is 3.97. The van der Waals surface area contributed by atoms with E-state index >= 15 is 0 Å². The van der Waals surface area contributed by atoms with Gasteiger partial charge in [0.15, 0.2) is 11.5 Å². The van der Waals surface area contributed by atoms with Crippen LogP contribution in [0.1, 0.15) is 6.92 Å². The Bertz CT molecular complexity index is 549. The number of benzene rings is 1. The van der Waals surface area contributed by atoms with Crippen LogP contribution in [0.3, 0.4) is 0 Å². The predicted molar refractivity (Wildman–Crippen MR) is 82.5 cm³/mol. The minimum atomic E-state index is 0.574. The molecular weight excluding hydrogens is 272 g/mol. The predicted octanol–water partition coefficient (Wildman–Crippen LogP) is 3.23. The van der Waals surface area contributed by atoms with Crippen molar-refractivity contribution in [2.75, 3.05) is 24.7 Å². The zero-order chi connectivity index (χ0) is 14.2. The van der Waals surface area contributed by atoms with E-state index in [1.54, 1.807) is 18.0 Å². The van der Waals surface area contributed by atoms with E-state index < -0.39 is 0 Å². The van der Waals surface area contributed by atoms with Crippen LogP contribution in [-0.4, -0.2) is 24.0 Å². The molecule has 0 aliphatic heterocycles. The number of rotatable bonds is 7. The molecule has 0 spiro atoms. The van der Waals surface area contributed by atoms with Gasteiger partial charge < -0.3 is 15.2 Å². The Kier molecular flexibility index (Phi) is 5.55. The smallest absolute Gasteiger partial charge is 0.161 e. The molecule has 0 saturated heterocycles. The van der Waals surface area contributed by atoms with Crippen LogP contribution in [0.15, 0.2) is 47.6 Å². The lowest BCUT2D eigenvalue weighted by molar-refractivity contribution is 0.289. The largest absolute Gasteiger partial charge is 0.490 e. The van der Waals surface area contributed by atoms with Crippen LogP contribution in [0.4, 0.5) is 5.69 Å². The average molecular weight is 290 g/mol. The van der Waals surface area contributed by atoms with E-state index in [0.717, 1.165) is 22.3 Å². The van der Waals surface area contributed by atoms with Crippen LogP contribution >= 0.6 is 11.8 Å². The lowest BCUT2D eigenvalue weighted by Crippen LogP contribution is -2.03. The SMILES string of the molecule is CCOc1ccccc1OCCSc1ncccc1N. The van der Waals surface area contributed by atoms with Crippen molar-refractivity contribution >= 4 is 17.4 Å². The first-order chi connectivity index (χ1) is 9.81. The summed E-state index contributed by atoms with van der Waals surface area (Å²) >= 11 is 1.58. The van der Waals surface area contributed by atoms with Crippen LogP contribution in [-0.2, 0) is 0 Å². The van der Waals surface area contributed by atoms with Gasteiger partial charge in [-0.2, -0.15) is 0 Å². The second kappa shape index (κ2) is 7.65. The molecular formula is C15H18N2O2S. The van der Waals surface area contributed by atoms with Crippen LogP contribution in [0.25, 0.3) is 0 Å². The number of nitrogen functional groups attached to an aromatic ring is 1. The first-order valence-electron chi connectivity index (χ1n) is 6.49. The molecule has 0 radical (unpaired) electrons. The Morgan fingerprint density at radius 1 is 1.10 bits per heavy atom. The molecule has 5 heteroatoms. The Labute approximate surface area is 123 Å². The number of pyridine rings is 1. The molecule has 20 heavy (non-hydrogen) atoms. The minimum Gasteiger partial charge on any atom is -0.490 e. The van der Waals surface area contributed by atoms with Crippen molar-refractivity contribution in [3.05, 3.63) is 42.6 Å². The van der Waals surface area contributed by atoms with Crippen molar-refractivity contribution in [1.82, 2.24) is 4.98 Å². The normalized spacial score (nSPS) is 10.2. The minimum absolute atomic E-state index is 0.574. The molecule has 1 aromatic carbocycles. The number of hydrogen-bond acceptors (Lipinski definition) is 5. The second-order valence-corrected chi connectivity index (χ2v) is 5.06. The fourth-order valence-electron chi connectivity index (χ4n) is 1.66. The van der Waals surface area contributed by atoms with Gasteiger partial charge in [-0.3, -0.25) is 0 Å². The third-order valence-corrected chi connectivity index (χ3v) is 3.51. The molecule has 2 rings (SSSR count). The first kappa shape index (κ1) is 14.5. The molecule has 1 heterocycles. The monoisotopic (exact) mass is 290 g/mol. The molecule has 0 amide bonds. The molecule has 0 fully saturated rings. The van der Waals surface area contributed by atoms with Gasteiger partial charge in [-0.15, -0.1) is 11.8 Å². The van der Waals surface area contributed by atoms with E-state index in [4.69, 9.17) is 15.2 Å². The Morgan fingerprint density at radius 2 is 1.85 bits per heavy atom. The number of nitrogens with zero attached hydrogens (tertiary/aromatic N) is 1. The zero-order valence-electron chi connectivity index (χ0n) is 11.4. The van der Waals surface area contributed by atoms with Crippen LogP contribution in [0, 0.1) is 0 Å². The van der Waals surface area contributed by atoms with Crippen molar-refractivity contribution in [2.24, 2.45) is 0 Å². The van der Waals surface area contributed by atoms with Gasteiger partial charge in [-0.25, -0.2) is 4.98 Å². The number of anilines is 1. The number of hydrogen-bond donors (Lipinski definition) is 1. The highest BCUT2D eigenvalue weighted by Crippen LogP contribution is 2.27. The molecule has 106 valence electrons. The van der Waals surface area contributed by atoms with Gasteiger partial charge in [0.05, 0.1) is 18.9 Å². The molecule has 0 unspecified atom stereocenters. The van der Waals surface area contributed by atoms with Crippen molar-refractivity contribution in [3.63, 3.8) is 0 Å². The first-order valence-corrected chi connectivity index (χ1v) is 7.47. The van der Waals surface area contributed by atoms with Gasteiger partial charge in [0, 0.05) is 11.9 Å². The van der Waals surface area contributed by atoms with Crippen molar-refractivity contribution in [2.45, 2.75) is 11.9 Å². The molecule has 0 bridgehead atoms. The Morgan fingerprint density at radius 3 is 2.55 bits per heavy atom. The highest BCUT2D eigenvalue weighted by Gasteiger charge is 2.04. The number of para-hydroxylation sites is 2. The van der Waals surface area contributed by atoms with Gasteiger partial charge in [0.2, 0.25) is 0 Å². The van der Waals surface area contributed by atoms with E-state index in [0.29, 0.717) is 18.9 Å². The van der Waals surface area contributed by atoms with Gasteiger partial charge >= 0.3 is 0 Å². The highest BCUT2D eigenvalue weighted by atomic mass is 32.2. The molecule has 0 aliphatic rings. The molecule has 0 atom stereocenters. The van der Waals surface area contributed by atoms with Gasteiger partial charge in [-0.1, -0.05) is 12.1 Å². The van der Waals surface area contributed by atoms with Crippen molar-refractivity contribution in [3.8, 4) is 11.5 Å². The van der Waals surface area contributed by atoms with E-state index in [2.05, 4.69) is 4.98 Å². The summed E-state index contributed by atoms with van der Waals surface area (Å²) in [4.78, 5) is 4.23. The zero-order valence-corrected chi connectivity index (χ0v) is 12.2. The Balaban J connectivity index is 1.83. The number of nitrogens with two attached hydrogens (primary N) is 1. The number of aromatic nitrogens is 1. The summed E-state index contributed by atoms with van der Waals surface area (Å²) in [6.07, 6.45) is 1.74. The summed E-state index contributed by atoms with van der Waals surface area (Å²) in [7, 11) is 0. The topological polar surface area (TPSA) is 57.4 Å². The van der Waals surface area contributed by atoms with E-state index in [-0.39, 0.29) is 0 Å². The quantitative estimate of drug-likeness (QED) is 0.626. The summed E-state index contributed by atoms with van der Waals surface area (Å²) in [6, 6.07) is 11.4. The maximum Gasteiger partial charge on any atom is 0.161 e. The lowest BCUT2D eigenvalue weighted by Gasteiger charge is -2.11. The molecule has 4 nitrogen and oxygen atoms in total. The van der Waals surface area contributed by atoms with E-state index in [1.807, 2.05) is 43.3 Å². The fraction of sp³-hybridized carbons (Fsp3) is 0.267. The molecule has 0 saturated carbocycles. The highest BCUT2D eigenvalue weighted by molar-refractivity contribution is 7.99. The van der Waals surface area contributed by atoms with Crippen LogP contribution in [0.2, 0.25) is 0 Å². The summed E-state index contributed by atoms with van der Waals surface area (Å²) in [5.74, 6) is 2.32. The van der Waals surface area contributed by atoms with Gasteiger partial charge in [-0.05, 0) is 31.2 Å². The number of thioether (sulfide) groups is 1. The standard InChI is InChI=1S/C15H18N2O2S/c1-2-18-13-7-3-4-8-14(13)19-10-11-20-15-12(16)6-5-9-17-15/h3-9H,2,10-11,16H2,1H3. The lowest BCUT2D eigenvalue weighted by atomic mass is 10.3. The maximum absolute atomic E-state index is 5.83. The van der Waals surface area contributed by atoms with Crippen molar-refractivity contribution in [1.29, 1.82) is 0 Å². The van der Waals surface area contributed by atoms with Crippen LogP contribution < -0.4 is 15.2 Å². The summed E-state index contributed by atoms with van der Waals surface area (Å²) in [6.45, 7) is 3.15. The summed E-state index contributed by atoms with van der Waals surface area (Å²) in [5, 5.41) is 0.842. The van der Waals surface area contributed by atoms with Gasteiger partial charge in [0.25, 0.3) is 0 Å². The van der Waals surface area contributed by atoms with Crippen molar-refractivity contribution < 1.29 is 9.47 Å². The number of ether oxygens (including phenoxy) is 2.